The first kappa shape index (κ1) is 14.2. The van der Waals surface area contributed by atoms with E-state index in [9.17, 15) is 0 Å². The summed E-state index contributed by atoms with van der Waals surface area (Å²) in [6.45, 7) is 8.00. The third kappa shape index (κ3) is 5.91. The van der Waals surface area contributed by atoms with Crippen LogP contribution < -0.4 is 5.73 Å². The lowest BCUT2D eigenvalue weighted by Gasteiger charge is -1.94. The normalized spacial score (nSPS) is 7.08. The van der Waals surface area contributed by atoms with Crippen molar-refractivity contribution in [1.29, 1.82) is 5.41 Å². The number of hydrogen-bond donors (Lipinski definition) is 2. The van der Waals surface area contributed by atoms with Gasteiger partial charge in [0, 0.05) is 18.9 Å². The maximum absolute atomic E-state index is 6.88. The summed E-state index contributed by atoms with van der Waals surface area (Å²) in [6, 6.07) is 7.29. The van der Waals surface area contributed by atoms with Gasteiger partial charge < -0.3 is 11.1 Å². The highest BCUT2D eigenvalue weighted by Crippen LogP contribution is 2.05. The summed E-state index contributed by atoms with van der Waals surface area (Å²) in [4.78, 5) is 0. The SMILES string of the molecule is CC.CC.N=Cc1ccccc1N.[HH]. The van der Waals surface area contributed by atoms with Crippen LogP contribution in [0.2, 0.25) is 0 Å². The quantitative estimate of drug-likeness (QED) is 0.506. The molecule has 3 N–H and O–H groups in total. The number of para-hydroxylation sites is 1. The minimum atomic E-state index is 0. The highest BCUT2D eigenvalue weighted by Gasteiger charge is 1.88. The molecule has 1 aromatic rings. The molecule has 0 saturated heterocycles. The highest BCUT2D eigenvalue weighted by molar-refractivity contribution is 5.84. The first-order valence-electron chi connectivity index (χ1n) is 4.69. The van der Waals surface area contributed by atoms with Gasteiger partial charge in [-0.25, -0.2) is 0 Å². The molecule has 2 heteroatoms. The lowest BCUT2D eigenvalue weighted by Crippen LogP contribution is -1.90. The minimum Gasteiger partial charge on any atom is -0.398 e. The Morgan fingerprint density at radius 1 is 1.15 bits per heavy atom. The number of hydrogen-bond acceptors (Lipinski definition) is 2. The lowest BCUT2D eigenvalue weighted by molar-refractivity contribution is 1.50. The fourth-order valence-corrected chi connectivity index (χ4v) is 0.642. The molecule has 0 aliphatic heterocycles. The topological polar surface area (TPSA) is 49.9 Å². The summed E-state index contributed by atoms with van der Waals surface area (Å²) in [5.74, 6) is 0. The molecule has 0 heterocycles. The molecule has 0 atom stereocenters. The smallest absolute Gasteiger partial charge is 0.0402 e. The second-order valence-electron chi connectivity index (χ2n) is 1.77. The first-order chi connectivity index (χ1) is 6.34. The Labute approximate surface area is 82.8 Å². The molecule has 0 radical (unpaired) electrons. The Balaban J connectivity index is -0.000000216. The van der Waals surface area contributed by atoms with Gasteiger partial charge in [-0.3, -0.25) is 0 Å². The van der Waals surface area contributed by atoms with Gasteiger partial charge in [0.25, 0.3) is 0 Å². The van der Waals surface area contributed by atoms with E-state index >= 15 is 0 Å². The van der Waals surface area contributed by atoms with Gasteiger partial charge in [0.15, 0.2) is 0 Å². The Morgan fingerprint density at radius 2 is 1.62 bits per heavy atom. The summed E-state index contributed by atoms with van der Waals surface area (Å²) >= 11 is 0. The summed E-state index contributed by atoms with van der Waals surface area (Å²) in [5.41, 5.74) is 6.92. The maximum atomic E-state index is 6.88. The van der Waals surface area contributed by atoms with Crippen molar-refractivity contribution in [3.63, 3.8) is 0 Å². The predicted molar refractivity (Wildman–Crippen MR) is 63.6 cm³/mol. The molecule has 2 nitrogen and oxygen atoms in total. The number of benzene rings is 1. The summed E-state index contributed by atoms with van der Waals surface area (Å²) in [6.07, 6.45) is 1.25. The Bertz CT molecular complexity index is 224. The monoisotopic (exact) mass is 182 g/mol. The van der Waals surface area contributed by atoms with Crippen molar-refractivity contribution in [2.45, 2.75) is 27.7 Å². The third-order valence-corrected chi connectivity index (χ3v) is 1.15. The van der Waals surface area contributed by atoms with E-state index in [2.05, 4.69) is 0 Å². The fourth-order valence-electron chi connectivity index (χ4n) is 0.642. The van der Waals surface area contributed by atoms with E-state index in [-0.39, 0.29) is 1.43 Å². The van der Waals surface area contributed by atoms with E-state index in [1.165, 1.54) is 6.21 Å². The number of nitrogens with one attached hydrogen (secondary N) is 1. The van der Waals surface area contributed by atoms with Crippen molar-refractivity contribution in [3.8, 4) is 0 Å². The van der Waals surface area contributed by atoms with Gasteiger partial charge >= 0.3 is 0 Å². The summed E-state index contributed by atoms with van der Waals surface area (Å²) in [5, 5.41) is 6.88. The lowest BCUT2D eigenvalue weighted by atomic mass is 10.2. The molecule has 0 unspecified atom stereocenters. The Kier molecular flexibility index (Phi) is 11.7. The highest BCUT2D eigenvalue weighted by atomic mass is 14.6. The Hall–Kier alpha value is -1.31. The minimum absolute atomic E-state index is 0. The van der Waals surface area contributed by atoms with Crippen LogP contribution in [0, 0.1) is 5.41 Å². The van der Waals surface area contributed by atoms with Crippen molar-refractivity contribution in [1.82, 2.24) is 0 Å². The van der Waals surface area contributed by atoms with Crippen LogP contribution in [0.4, 0.5) is 5.69 Å². The molecule has 0 saturated carbocycles. The van der Waals surface area contributed by atoms with Gasteiger partial charge in [-0.1, -0.05) is 45.9 Å². The van der Waals surface area contributed by atoms with Gasteiger partial charge in [0.05, 0.1) is 0 Å². The van der Waals surface area contributed by atoms with Crippen molar-refractivity contribution in [2.24, 2.45) is 0 Å². The maximum Gasteiger partial charge on any atom is 0.0402 e. The van der Waals surface area contributed by atoms with E-state index in [1.807, 2.05) is 45.9 Å². The zero-order chi connectivity index (χ0) is 10.7. The van der Waals surface area contributed by atoms with Gasteiger partial charge in [0.2, 0.25) is 0 Å². The van der Waals surface area contributed by atoms with E-state index in [0.29, 0.717) is 5.69 Å². The zero-order valence-electron chi connectivity index (χ0n) is 8.96. The number of nitrogen functional groups attached to an aromatic ring is 1. The molecule has 1 rings (SSSR count). The average molecular weight is 182 g/mol. The average Bonchev–Trinajstić information content (AvgIpc) is 2.24. The molecule has 0 aromatic heterocycles. The molecule has 13 heavy (non-hydrogen) atoms. The molecular weight excluding hydrogens is 160 g/mol. The van der Waals surface area contributed by atoms with Crippen LogP contribution in [0.1, 0.15) is 34.7 Å². The molecule has 0 bridgehead atoms. The second-order valence-corrected chi connectivity index (χ2v) is 1.77. The van der Waals surface area contributed by atoms with Crippen LogP contribution in [0.3, 0.4) is 0 Å². The van der Waals surface area contributed by atoms with Crippen molar-refractivity contribution in [3.05, 3.63) is 29.8 Å². The molecular formula is C11H22N2. The van der Waals surface area contributed by atoms with Crippen LogP contribution in [-0.4, -0.2) is 6.21 Å². The fraction of sp³-hybridized carbons (Fsp3) is 0.364. The number of anilines is 1. The summed E-state index contributed by atoms with van der Waals surface area (Å²) < 4.78 is 0. The largest absolute Gasteiger partial charge is 0.398 e. The molecule has 1 aromatic carbocycles. The standard InChI is InChI=1S/C7H8N2.2C2H6.H2/c8-5-6-3-1-2-4-7(6)9;2*1-2;/h1-5,8H,9H2;2*1-2H3;1H. The second kappa shape index (κ2) is 10.7. The van der Waals surface area contributed by atoms with E-state index in [1.54, 1.807) is 6.07 Å². The van der Waals surface area contributed by atoms with E-state index < -0.39 is 0 Å². The van der Waals surface area contributed by atoms with Crippen LogP contribution in [-0.2, 0) is 0 Å². The predicted octanol–water partition coefficient (Wildman–Crippen LogP) is 3.56. The molecule has 0 amide bonds. The van der Waals surface area contributed by atoms with Gasteiger partial charge in [-0.15, -0.1) is 0 Å². The molecule has 76 valence electrons. The van der Waals surface area contributed by atoms with Gasteiger partial charge in [-0.05, 0) is 6.07 Å². The molecule has 0 fully saturated rings. The third-order valence-electron chi connectivity index (χ3n) is 1.15. The summed E-state index contributed by atoms with van der Waals surface area (Å²) in [7, 11) is 0. The van der Waals surface area contributed by atoms with Crippen molar-refractivity contribution in [2.75, 3.05) is 5.73 Å². The first-order valence-corrected chi connectivity index (χ1v) is 4.69. The van der Waals surface area contributed by atoms with Crippen molar-refractivity contribution >= 4 is 11.9 Å². The molecule has 0 spiro atoms. The number of nitrogens with two attached hydrogens (primary N) is 1. The number of rotatable bonds is 1. The van der Waals surface area contributed by atoms with Crippen LogP contribution in [0.5, 0.6) is 0 Å². The molecule has 0 aliphatic carbocycles. The molecule has 0 aliphatic rings. The van der Waals surface area contributed by atoms with Crippen molar-refractivity contribution < 1.29 is 1.43 Å². The van der Waals surface area contributed by atoms with Crippen LogP contribution in [0.15, 0.2) is 24.3 Å². The van der Waals surface area contributed by atoms with Gasteiger partial charge in [0.1, 0.15) is 0 Å². The van der Waals surface area contributed by atoms with E-state index in [4.69, 9.17) is 11.1 Å². The van der Waals surface area contributed by atoms with E-state index in [0.717, 1.165) is 5.56 Å². The Morgan fingerprint density at radius 3 is 1.92 bits per heavy atom. The zero-order valence-corrected chi connectivity index (χ0v) is 8.96. The van der Waals surface area contributed by atoms with Crippen LogP contribution >= 0.6 is 0 Å². The van der Waals surface area contributed by atoms with Gasteiger partial charge in [-0.2, -0.15) is 0 Å². The van der Waals surface area contributed by atoms with Crippen LogP contribution in [0.25, 0.3) is 0 Å².